The van der Waals surface area contributed by atoms with Gasteiger partial charge in [0.1, 0.15) is 11.5 Å². The van der Waals surface area contributed by atoms with Crippen molar-refractivity contribution in [2.75, 3.05) is 0 Å². The maximum atomic E-state index is 10.8. The van der Waals surface area contributed by atoms with Crippen LogP contribution in [-0.2, 0) is 12.8 Å². The first kappa shape index (κ1) is 12.8. The van der Waals surface area contributed by atoms with E-state index in [-0.39, 0.29) is 35.1 Å². The Kier molecular flexibility index (Phi) is 3.85. The molecule has 2 unspecified atom stereocenters. The number of phenols is 2. The van der Waals surface area contributed by atoms with Gasteiger partial charge in [-0.2, -0.15) is 0 Å². The maximum Gasteiger partial charge on any atom is 0.123 e. The summed E-state index contributed by atoms with van der Waals surface area (Å²) in [6.07, 6.45) is 3.76. The fourth-order valence-corrected chi connectivity index (χ4v) is 3.78. The molecule has 26 heavy (non-hydrogen) atoms. The van der Waals surface area contributed by atoms with E-state index in [1.165, 1.54) is 0 Å². The van der Waals surface area contributed by atoms with Gasteiger partial charge in [-0.1, -0.05) is 54.1 Å². The normalized spacial score (nSPS) is 23.0. The first-order valence-electron chi connectivity index (χ1n) is 11.5. The van der Waals surface area contributed by atoms with Gasteiger partial charge in [0.05, 0.1) is 2.74 Å². The highest BCUT2D eigenvalue weighted by Gasteiger charge is 2.30. The van der Waals surface area contributed by atoms with Crippen LogP contribution in [-0.4, -0.2) is 10.2 Å². The van der Waals surface area contributed by atoms with Crippen LogP contribution in [0, 0.1) is 5.92 Å². The van der Waals surface area contributed by atoms with E-state index in [0.717, 1.165) is 17.5 Å². The van der Waals surface area contributed by atoms with Crippen LogP contribution in [0.25, 0.3) is 0 Å². The van der Waals surface area contributed by atoms with E-state index >= 15 is 0 Å². The molecule has 3 rings (SSSR count). The Morgan fingerprint density at radius 1 is 1.15 bits per heavy atom. The van der Waals surface area contributed by atoms with Crippen LogP contribution in [0.3, 0.4) is 0 Å². The van der Waals surface area contributed by atoms with E-state index < -0.39 is 12.8 Å². The molecule has 0 bridgehead atoms. The molecule has 1 aliphatic carbocycles. The summed E-state index contributed by atoms with van der Waals surface area (Å²) in [4.78, 5) is 0. The Morgan fingerprint density at radius 3 is 2.50 bits per heavy atom. The second-order valence-electron chi connectivity index (χ2n) is 7.08. The fourth-order valence-electron chi connectivity index (χ4n) is 3.78. The lowest BCUT2D eigenvalue weighted by atomic mass is 9.73. The standard InChI is InChI=1S/C24H28O2/c1-16(2)20-12-9-17(3)13-21(20)24-22(25)14-19(15-23(24)26)11-10-18-7-5-4-6-8-18/h4-8,13-15,20-21,25-26H,1,9-12H2,2-3H3/i1D2,3D3. The van der Waals surface area contributed by atoms with Gasteiger partial charge >= 0.3 is 0 Å². The molecule has 2 nitrogen and oxygen atoms in total. The Labute approximate surface area is 163 Å². The second kappa shape index (κ2) is 7.82. The van der Waals surface area contributed by atoms with E-state index in [9.17, 15) is 10.2 Å². The topological polar surface area (TPSA) is 40.5 Å². The quantitative estimate of drug-likeness (QED) is 0.657. The minimum absolute atomic E-state index is 0.0922. The summed E-state index contributed by atoms with van der Waals surface area (Å²) in [6.45, 7) is -0.894. The summed E-state index contributed by atoms with van der Waals surface area (Å²) in [7, 11) is 0. The molecule has 0 saturated heterocycles. The van der Waals surface area contributed by atoms with Crippen molar-refractivity contribution in [3.63, 3.8) is 0 Å². The van der Waals surface area contributed by atoms with Gasteiger partial charge in [0.15, 0.2) is 0 Å². The highest BCUT2D eigenvalue weighted by Crippen LogP contribution is 2.46. The summed E-state index contributed by atoms with van der Waals surface area (Å²) < 4.78 is 38.7. The smallest absolute Gasteiger partial charge is 0.123 e. The SMILES string of the molecule is [2H]C([2H])=C(C)C1CCC(C([2H])([2H])[2H])=CC1c1c(O)cc(CCc2ccccc2)cc1O. The molecular weight excluding hydrogens is 320 g/mol. The van der Waals surface area contributed by atoms with Gasteiger partial charge < -0.3 is 10.2 Å². The minimum atomic E-state index is -2.26. The van der Waals surface area contributed by atoms with Crippen molar-refractivity contribution in [1.29, 1.82) is 0 Å². The molecule has 0 heterocycles. The zero-order chi connectivity index (χ0) is 22.8. The van der Waals surface area contributed by atoms with Gasteiger partial charge in [-0.3, -0.25) is 0 Å². The van der Waals surface area contributed by atoms with Crippen molar-refractivity contribution in [2.24, 2.45) is 5.92 Å². The van der Waals surface area contributed by atoms with E-state index in [0.29, 0.717) is 24.8 Å². The third-order valence-corrected chi connectivity index (χ3v) is 5.17. The average Bonchev–Trinajstić information content (AvgIpc) is 2.71. The highest BCUT2D eigenvalue weighted by molar-refractivity contribution is 5.52. The lowest BCUT2D eigenvalue weighted by Crippen LogP contribution is -2.17. The van der Waals surface area contributed by atoms with Gasteiger partial charge in [0.2, 0.25) is 0 Å². The van der Waals surface area contributed by atoms with Crippen LogP contribution in [0.2, 0.25) is 0 Å². The van der Waals surface area contributed by atoms with Crippen LogP contribution in [0.15, 0.2) is 66.2 Å². The lowest BCUT2D eigenvalue weighted by molar-refractivity contribution is 0.406. The fraction of sp³-hybridized carbons (Fsp3) is 0.333. The summed E-state index contributed by atoms with van der Waals surface area (Å²) in [5, 5.41) is 21.6. The van der Waals surface area contributed by atoms with Gasteiger partial charge in [0.25, 0.3) is 0 Å². The van der Waals surface area contributed by atoms with Crippen molar-refractivity contribution >= 4 is 0 Å². The molecule has 2 N–H and O–H groups in total. The molecule has 1 aliphatic rings. The van der Waals surface area contributed by atoms with Crippen LogP contribution in [0.4, 0.5) is 0 Å². The molecule has 0 aliphatic heterocycles. The third kappa shape index (κ3) is 4.01. The van der Waals surface area contributed by atoms with E-state index in [1.807, 2.05) is 30.3 Å². The maximum absolute atomic E-state index is 10.8. The molecule has 0 amide bonds. The summed E-state index contributed by atoms with van der Waals surface area (Å²) in [6, 6.07) is 13.2. The van der Waals surface area contributed by atoms with Crippen molar-refractivity contribution in [2.45, 2.75) is 45.4 Å². The van der Waals surface area contributed by atoms with Crippen molar-refractivity contribution < 1.29 is 17.1 Å². The average molecular weight is 354 g/mol. The van der Waals surface area contributed by atoms with Gasteiger partial charge in [-0.25, -0.2) is 0 Å². The van der Waals surface area contributed by atoms with Crippen LogP contribution < -0.4 is 0 Å². The predicted octanol–water partition coefficient (Wildman–Crippen LogP) is 5.90. The Hall–Kier alpha value is -2.48. The Morgan fingerprint density at radius 2 is 1.85 bits per heavy atom. The number of rotatable bonds is 5. The van der Waals surface area contributed by atoms with Gasteiger partial charge in [0, 0.05) is 15.6 Å². The predicted molar refractivity (Wildman–Crippen MR) is 108 cm³/mol. The molecule has 2 aromatic carbocycles. The number of benzene rings is 2. The Balaban J connectivity index is 1.97. The Bertz CT molecular complexity index is 966. The minimum Gasteiger partial charge on any atom is -0.507 e. The molecule has 0 aromatic heterocycles. The number of phenolic OH excluding ortho intramolecular Hbond substituents is 2. The van der Waals surface area contributed by atoms with Crippen LogP contribution in [0.5, 0.6) is 11.5 Å². The molecular formula is C24H28O2. The third-order valence-electron chi connectivity index (χ3n) is 5.17. The molecule has 0 fully saturated rings. The van der Waals surface area contributed by atoms with E-state index in [2.05, 4.69) is 0 Å². The highest BCUT2D eigenvalue weighted by atomic mass is 16.3. The van der Waals surface area contributed by atoms with E-state index in [4.69, 9.17) is 6.85 Å². The lowest BCUT2D eigenvalue weighted by Gasteiger charge is -2.31. The second-order valence-corrected chi connectivity index (χ2v) is 7.08. The van der Waals surface area contributed by atoms with Crippen molar-refractivity contribution in [3.05, 3.63) is 82.9 Å². The van der Waals surface area contributed by atoms with Crippen molar-refractivity contribution in [1.82, 2.24) is 0 Å². The number of aromatic hydroxyl groups is 2. The zero-order valence-electron chi connectivity index (χ0n) is 20.0. The summed E-state index contributed by atoms with van der Waals surface area (Å²) in [5.41, 5.74) is 2.99. The first-order chi connectivity index (χ1) is 14.6. The van der Waals surface area contributed by atoms with Gasteiger partial charge in [-0.15, -0.1) is 0 Å². The van der Waals surface area contributed by atoms with Gasteiger partial charge in [-0.05, 0) is 68.6 Å². The molecule has 0 radical (unpaired) electrons. The zero-order valence-corrected chi connectivity index (χ0v) is 15.0. The molecule has 136 valence electrons. The molecule has 2 aromatic rings. The summed E-state index contributed by atoms with van der Waals surface area (Å²) >= 11 is 0. The molecule has 0 spiro atoms. The van der Waals surface area contributed by atoms with Crippen LogP contribution >= 0.6 is 0 Å². The summed E-state index contributed by atoms with van der Waals surface area (Å²) in [5.74, 6) is -1.13. The van der Waals surface area contributed by atoms with E-state index in [1.54, 1.807) is 25.1 Å². The molecule has 2 atom stereocenters. The number of aryl methyl sites for hydroxylation is 2. The largest absolute Gasteiger partial charge is 0.507 e. The van der Waals surface area contributed by atoms with Crippen LogP contribution in [0.1, 0.15) is 56.1 Å². The first-order valence-corrected chi connectivity index (χ1v) is 9.01. The van der Waals surface area contributed by atoms with Crippen molar-refractivity contribution in [3.8, 4) is 11.5 Å². The molecule has 0 saturated carbocycles. The molecule has 2 heteroatoms. The monoisotopic (exact) mass is 353 g/mol. The number of allylic oxidation sites excluding steroid dienone is 3. The number of hydrogen-bond donors (Lipinski definition) is 2. The number of hydrogen-bond acceptors (Lipinski definition) is 2.